The summed E-state index contributed by atoms with van der Waals surface area (Å²) in [4.78, 5) is 13.6. The first-order valence-electron chi connectivity index (χ1n) is 7.33. The van der Waals surface area contributed by atoms with Crippen molar-refractivity contribution in [2.24, 2.45) is 5.92 Å². The molecule has 6 nitrogen and oxygen atoms in total. The predicted molar refractivity (Wildman–Crippen MR) is 86.5 cm³/mol. The van der Waals surface area contributed by atoms with Crippen molar-refractivity contribution in [3.63, 3.8) is 0 Å². The maximum atomic E-state index is 12.9. The van der Waals surface area contributed by atoms with E-state index in [1.54, 1.807) is 12.1 Å². The summed E-state index contributed by atoms with van der Waals surface area (Å²) in [5, 5.41) is 14.5. The minimum atomic E-state index is -0.326. The van der Waals surface area contributed by atoms with Gasteiger partial charge in [0.25, 0.3) is 5.91 Å². The van der Waals surface area contributed by atoms with Crippen molar-refractivity contribution in [1.29, 1.82) is 0 Å². The minimum Gasteiger partial charge on any atom is -0.346 e. The number of aromatic nitrogens is 3. The third kappa shape index (κ3) is 4.05. The maximum absolute atomic E-state index is 12.9. The van der Waals surface area contributed by atoms with Gasteiger partial charge in [0, 0.05) is 12.6 Å². The highest BCUT2D eigenvalue weighted by Crippen LogP contribution is 2.12. The molecule has 3 rings (SSSR count). The highest BCUT2D eigenvalue weighted by molar-refractivity contribution is 5.92. The zero-order valence-electron chi connectivity index (χ0n) is 12.7. The lowest BCUT2D eigenvalue weighted by Gasteiger charge is -2.29. The van der Waals surface area contributed by atoms with Gasteiger partial charge in [-0.05, 0) is 43.1 Å². The molecule has 1 aliphatic rings. The molecule has 2 heterocycles. The van der Waals surface area contributed by atoms with Crippen LogP contribution in [0.4, 0.5) is 4.39 Å². The van der Waals surface area contributed by atoms with Crippen molar-refractivity contribution in [1.82, 2.24) is 25.6 Å². The number of nitrogens with one attached hydrogen (secondary N) is 2. The van der Waals surface area contributed by atoms with Crippen molar-refractivity contribution in [3.8, 4) is 5.69 Å². The summed E-state index contributed by atoms with van der Waals surface area (Å²) in [5.74, 6) is -0.140. The first kappa shape index (κ1) is 17.4. The van der Waals surface area contributed by atoms with Crippen molar-refractivity contribution >= 4 is 18.3 Å². The van der Waals surface area contributed by atoms with Gasteiger partial charge in [0.2, 0.25) is 0 Å². The Morgan fingerprint density at radius 1 is 1.39 bits per heavy atom. The Morgan fingerprint density at radius 3 is 2.83 bits per heavy atom. The minimum absolute atomic E-state index is 0. The molecule has 0 saturated carbocycles. The summed E-state index contributed by atoms with van der Waals surface area (Å²) in [5.41, 5.74) is 0.857. The van der Waals surface area contributed by atoms with Crippen molar-refractivity contribution < 1.29 is 9.18 Å². The Balaban J connectivity index is 0.00000192. The molecule has 8 heteroatoms. The van der Waals surface area contributed by atoms with E-state index >= 15 is 0 Å². The van der Waals surface area contributed by atoms with Crippen LogP contribution in [0.5, 0.6) is 0 Å². The summed E-state index contributed by atoms with van der Waals surface area (Å²) in [6, 6.07) is 5.87. The molecule has 0 aliphatic carbocycles. The van der Waals surface area contributed by atoms with Gasteiger partial charge < -0.3 is 10.6 Å². The van der Waals surface area contributed by atoms with Gasteiger partial charge in [0.15, 0.2) is 5.69 Å². The number of piperidine rings is 1. The van der Waals surface area contributed by atoms with E-state index in [0.29, 0.717) is 11.6 Å². The molecule has 1 fully saturated rings. The van der Waals surface area contributed by atoms with E-state index in [1.807, 2.05) is 0 Å². The lowest BCUT2D eigenvalue weighted by Crippen LogP contribution is -2.50. The van der Waals surface area contributed by atoms with Crippen molar-refractivity contribution in [2.45, 2.75) is 19.4 Å². The van der Waals surface area contributed by atoms with Crippen molar-refractivity contribution in [2.75, 3.05) is 13.1 Å². The summed E-state index contributed by atoms with van der Waals surface area (Å²) in [6.07, 6.45) is 2.45. The topological polar surface area (TPSA) is 71.8 Å². The van der Waals surface area contributed by atoms with Gasteiger partial charge in [-0.1, -0.05) is 6.92 Å². The zero-order valence-corrected chi connectivity index (χ0v) is 13.5. The van der Waals surface area contributed by atoms with E-state index in [9.17, 15) is 9.18 Å². The molecule has 1 aromatic heterocycles. The lowest BCUT2D eigenvalue weighted by atomic mass is 9.95. The van der Waals surface area contributed by atoms with Crippen LogP contribution in [-0.2, 0) is 0 Å². The number of amides is 1. The number of hydrogen-bond donors (Lipinski definition) is 2. The Hall–Kier alpha value is -1.99. The van der Waals surface area contributed by atoms with Crippen LogP contribution >= 0.6 is 12.4 Å². The first-order valence-corrected chi connectivity index (χ1v) is 7.33. The molecule has 2 atom stereocenters. The molecule has 0 spiro atoms. The fourth-order valence-corrected chi connectivity index (χ4v) is 2.49. The summed E-state index contributed by atoms with van der Waals surface area (Å²) >= 11 is 0. The molecular weight excluding hydrogens is 321 g/mol. The van der Waals surface area contributed by atoms with E-state index in [0.717, 1.165) is 19.5 Å². The second kappa shape index (κ2) is 7.52. The van der Waals surface area contributed by atoms with E-state index < -0.39 is 0 Å². The van der Waals surface area contributed by atoms with Gasteiger partial charge in [-0.2, -0.15) is 9.90 Å². The normalized spacial score (nSPS) is 20.6. The van der Waals surface area contributed by atoms with Gasteiger partial charge in [0.05, 0.1) is 11.9 Å². The number of hydrogen-bond acceptors (Lipinski definition) is 4. The number of carbonyl (C=O) groups excluding carboxylic acids is 1. The Labute approximate surface area is 139 Å². The van der Waals surface area contributed by atoms with Crippen LogP contribution in [-0.4, -0.2) is 40.0 Å². The Morgan fingerprint density at radius 2 is 2.13 bits per heavy atom. The van der Waals surface area contributed by atoms with Gasteiger partial charge in [-0.25, -0.2) is 4.39 Å². The van der Waals surface area contributed by atoms with Crippen LogP contribution < -0.4 is 10.6 Å². The second-order valence-corrected chi connectivity index (χ2v) is 5.55. The molecule has 1 amide bonds. The quantitative estimate of drug-likeness (QED) is 0.890. The first-order chi connectivity index (χ1) is 10.6. The molecule has 2 N–H and O–H groups in total. The fraction of sp³-hybridized carbons (Fsp3) is 0.400. The van der Waals surface area contributed by atoms with Gasteiger partial charge in [0.1, 0.15) is 5.82 Å². The van der Waals surface area contributed by atoms with Gasteiger partial charge in [-0.3, -0.25) is 4.79 Å². The predicted octanol–water partition coefficient (Wildman–Crippen LogP) is 1.56. The van der Waals surface area contributed by atoms with Crippen LogP contribution in [0.1, 0.15) is 23.8 Å². The Kier molecular flexibility index (Phi) is 5.68. The molecule has 0 radical (unpaired) electrons. The maximum Gasteiger partial charge on any atom is 0.273 e. The van der Waals surface area contributed by atoms with Crippen LogP contribution in [0.25, 0.3) is 5.69 Å². The molecule has 124 valence electrons. The zero-order chi connectivity index (χ0) is 15.5. The van der Waals surface area contributed by atoms with Crippen LogP contribution in [0, 0.1) is 11.7 Å². The number of rotatable bonds is 3. The highest BCUT2D eigenvalue weighted by Gasteiger charge is 2.24. The van der Waals surface area contributed by atoms with Gasteiger partial charge in [-0.15, -0.1) is 17.5 Å². The largest absolute Gasteiger partial charge is 0.346 e. The Bertz CT molecular complexity index is 660. The standard InChI is InChI=1S/C15H18FN5O.ClH/c1-10-6-7-17-8-13(10)19-15(22)14-9-18-21(20-14)12-4-2-11(16)3-5-12;/h2-5,9-10,13,17H,6-8H2,1H3,(H,19,22);1H. The molecule has 23 heavy (non-hydrogen) atoms. The average molecular weight is 340 g/mol. The fourth-order valence-electron chi connectivity index (χ4n) is 2.49. The number of carbonyl (C=O) groups is 1. The van der Waals surface area contributed by atoms with Crippen molar-refractivity contribution in [3.05, 3.63) is 42.0 Å². The van der Waals surface area contributed by atoms with E-state index in [-0.39, 0.29) is 35.9 Å². The molecule has 0 bridgehead atoms. The van der Waals surface area contributed by atoms with Crippen LogP contribution in [0.3, 0.4) is 0 Å². The van der Waals surface area contributed by atoms with E-state index in [4.69, 9.17) is 0 Å². The smallest absolute Gasteiger partial charge is 0.273 e. The van der Waals surface area contributed by atoms with E-state index in [2.05, 4.69) is 27.8 Å². The number of halogens is 2. The second-order valence-electron chi connectivity index (χ2n) is 5.55. The van der Waals surface area contributed by atoms with Gasteiger partial charge >= 0.3 is 0 Å². The molecule has 1 aliphatic heterocycles. The summed E-state index contributed by atoms with van der Waals surface area (Å²) < 4.78 is 12.9. The summed E-state index contributed by atoms with van der Waals surface area (Å²) in [6.45, 7) is 3.87. The molecule has 1 aromatic carbocycles. The van der Waals surface area contributed by atoms with E-state index in [1.165, 1.54) is 23.1 Å². The third-order valence-electron chi connectivity index (χ3n) is 3.93. The molecule has 2 unspecified atom stereocenters. The molecule has 1 saturated heterocycles. The number of nitrogens with zero attached hydrogens (tertiary/aromatic N) is 3. The molecule has 2 aromatic rings. The monoisotopic (exact) mass is 339 g/mol. The third-order valence-corrected chi connectivity index (χ3v) is 3.93. The molecular formula is C15H19ClFN5O. The number of benzene rings is 1. The lowest BCUT2D eigenvalue weighted by molar-refractivity contribution is 0.0909. The van der Waals surface area contributed by atoms with Crippen LogP contribution in [0.2, 0.25) is 0 Å². The summed E-state index contributed by atoms with van der Waals surface area (Å²) in [7, 11) is 0. The highest BCUT2D eigenvalue weighted by atomic mass is 35.5. The SMILES string of the molecule is CC1CCNCC1NC(=O)c1cnn(-c2ccc(F)cc2)n1.Cl. The van der Waals surface area contributed by atoms with Crippen LogP contribution in [0.15, 0.2) is 30.5 Å². The average Bonchev–Trinajstić information content (AvgIpc) is 3.00.